The third kappa shape index (κ3) is 2.49. The summed E-state index contributed by atoms with van der Waals surface area (Å²) in [6.07, 6.45) is 1.16. The summed E-state index contributed by atoms with van der Waals surface area (Å²) in [7, 11) is 1.84. The number of hydrogen-bond acceptors (Lipinski definition) is 3. The lowest BCUT2D eigenvalue weighted by atomic mass is 10.2. The second-order valence-electron chi connectivity index (χ2n) is 4.69. The van der Waals surface area contributed by atoms with Crippen molar-refractivity contribution in [3.05, 3.63) is 23.8 Å². The van der Waals surface area contributed by atoms with Crippen LogP contribution in [-0.4, -0.2) is 28.8 Å². The van der Waals surface area contributed by atoms with E-state index in [1.54, 1.807) is 4.68 Å². The Bertz CT molecular complexity index is 648. The van der Waals surface area contributed by atoms with E-state index in [0.29, 0.717) is 18.8 Å². The highest BCUT2D eigenvalue weighted by Gasteiger charge is 2.20. The van der Waals surface area contributed by atoms with Crippen LogP contribution in [0.5, 0.6) is 0 Å². The number of urea groups is 1. The minimum Gasteiger partial charge on any atom is -0.280 e. The molecule has 1 aromatic carbocycles. The van der Waals surface area contributed by atoms with Gasteiger partial charge in [0.2, 0.25) is 6.41 Å². The van der Waals surface area contributed by atoms with Crippen molar-refractivity contribution in [3.63, 3.8) is 0 Å². The summed E-state index contributed by atoms with van der Waals surface area (Å²) < 4.78 is 1.74. The molecule has 0 unspecified atom stereocenters. The quantitative estimate of drug-likeness (QED) is 0.867. The topological polar surface area (TPSA) is 67.2 Å². The second kappa shape index (κ2) is 5.73. The molecule has 0 bridgehead atoms. The van der Waals surface area contributed by atoms with Gasteiger partial charge in [-0.3, -0.25) is 19.7 Å². The molecule has 2 aromatic rings. The summed E-state index contributed by atoms with van der Waals surface area (Å²) in [4.78, 5) is 24.0. The van der Waals surface area contributed by atoms with Gasteiger partial charge in [-0.25, -0.2) is 4.79 Å². The number of hydrogen-bond donors (Lipinski definition) is 1. The first-order valence-corrected chi connectivity index (χ1v) is 6.53. The van der Waals surface area contributed by atoms with Crippen molar-refractivity contribution in [1.82, 2.24) is 15.1 Å². The Hall–Kier alpha value is -2.37. The minimum atomic E-state index is -0.456. The lowest BCUT2D eigenvalue weighted by Gasteiger charge is -2.18. The maximum Gasteiger partial charge on any atom is 0.329 e. The van der Waals surface area contributed by atoms with Gasteiger partial charge in [-0.2, -0.15) is 5.10 Å². The Morgan fingerprint density at radius 2 is 2.25 bits per heavy atom. The van der Waals surface area contributed by atoms with E-state index >= 15 is 0 Å². The number of aromatic nitrogens is 2. The molecular weight excluding hydrogens is 256 g/mol. The molecule has 0 saturated heterocycles. The number of benzene rings is 1. The van der Waals surface area contributed by atoms with Crippen LogP contribution in [0.25, 0.3) is 10.9 Å². The van der Waals surface area contributed by atoms with Gasteiger partial charge in [0, 0.05) is 19.0 Å². The number of fused-ring (bicyclic) bond motifs is 1. The number of nitrogens with one attached hydrogen (secondary N) is 1. The van der Waals surface area contributed by atoms with Crippen molar-refractivity contribution < 1.29 is 9.59 Å². The number of rotatable bonds is 4. The zero-order chi connectivity index (χ0) is 14.7. The average molecular weight is 274 g/mol. The lowest BCUT2D eigenvalue weighted by molar-refractivity contribution is -0.108. The first-order chi connectivity index (χ1) is 9.58. The molecule has 1 N–H and O–H groups in total. The van der Waals surface area contributed by atoms with Crippen LogP contribution in [0.15, 0.2) is 18.2 Å². The van der Waals surface area contributed by atoms with Gasteiger partial charge < -0.3 is 0 Å². The monoisotopic (exact) mass is 274 g/mol. The maximum absolute atomic E-state index is 12.0. The summed E-state index contributed by atoms with van der Waals surface area (Å²) in [5.41, 5.74) is 2.09. The highest BCUT2D eigenvalue weighted by molar-refractivity contribution is 6.03. The van der Waals surface area contributed by atoms with E-state index in [4.69, 9.17) is 0 Å². The van der Waals surface area contributed by atoms with Gasteiger partial charge in [0.25, 0.3) is 0 Å². The lowest BCUT2D eigenvalue weighted by Crippen LogP contribution is -2.40. The number of imide groups is 1. The molecule has 0 atom stereocenters. The third-order valence-electron chi connectivity index (χ3n) is 3.12. The standard InChI is InChI=1S/C14H18N4O2/c1-4-7-18(14(20)15-9-19)13-11-6-5-10(2)8-12(11)17(3)16-13/h5-6,8-9H,4,7H2,1-3H3,(H,15,19,20). The number of anilines is 1. The van der Waals surface area contributed by atoms with Gasteiger partial charge in [-0.1, -0.05) is 13.0 Å². The highest BCUT2D eigenvalue weighted by Crippen LogP contribution is 2.26. The predicted molar refractivity (Wildman–Crippen MR) is 77.7 cm³/mol. The first kappa shape index (κ1) is 14.0. The van der Waals surface area contributed by atoms with Gasteiger partial charge in [0.05, 0.1) is 5.52 Å². The Kier molecular flexibility index (Phi) is 4.02. The zero-order valence-electron chi connectivity index (χ0n) is 11.9. The second-order valence-corrected chi connectivity index (χ2v) is 4.69. The van der Waals surface area contributed by atoms with E-state index in [0.717, 1.165) is 22.9 Å². The predicted octanol–water partition coefficient (Wildman–Crippen LogP) is 1.96. The smallest absolute Gasteiger partial charge is 0.280 e. The van der Waals surface area contributed by atoms with E-state index in [1.165, 1.54) is 4.90 Å². The molecule has 0 aliphatic carbocycles. The molecule has 0 spiro atoms. The molecule has 1 heterocycles. The van der Waals surface area contributed by atoms with Crippen molar-refractivity contribution in [2.24, 2.45) is 7.05 Å². The van der Waals surface area contributed by atoms with Crippen LogP contribution < -0.4 is 10.2 Å². The van der Waals surface area contributed by atoms with Crippen molar-refractivity contribution >= 4 is 29.2 Å². The molecule has 0 radical (unpaired) electrons. The first-order valence-electron chi connectivity index (χ1n) is 6.53. The van der Waals surface area contributed by atoms with Crippen LogP contribution in [0, 0.1) is 6.92 Å². The van der Waals surface area contributed by atoms with Gasteiger partial charge in [0.15, 0.2) is 5.82 Å². The average Bonchev–Trinajstić information content (AvgIpc) is 2.73. The molecule has 0 saturated carbocycles. The van der Waals surface area contributed by atoms with Crippen molar-refractivity contribution in [2.75, 3.05) is 11.4 Å². The van der Waals surface area contributed by atoms with Gasteiger partial charge in [0.1, 0.15) is 0 Å². The summed E-state index contributed by atoms with van der Waals surface area (Å²) in [5.74, 6) is 0.573. The van der Waals surface area contributed by atoms with Crippen LogP contribution in [0.1, 0.15) is 18.9 Å². The summed E-state index contributed by atoms with van der Waals surface area (Å²) in [6, 6.07) is 5.50. The molecule has 0 fully saturated rings. The van der Waals surface area contributed by atoms with Crippen LogP contribution in [0.4, 0.5) is 10.6 Å². The molecule has 6 heteroatoms. The number of amides is 3. The van der Waals surface area contributed by atoms with E-state index in [9.17, 15) is 9.59 Å². The number of aryl methyl sites for hydroxylation is 2. The van der Waals surface area contributed by atoms with Crippen LogP contribution in [0.2, 0.25) is 0 Å². The summed E-state index contributed by atoms with van der Waals surface area (Å²) in [6.45, 7) is 4.48. The minimum absolute atomic E-state index is 0.389. The SMILES string of the molecule is CCCN(C(=O)NC=O)c1nn(C)c2cc(C)ccc12. The van der Waals surface area contributed by atoms with Crippen LogP contribution in [-0.2, 0) is 11.8 Å². The summed E-state index contributed by atoms with van der Waals surface area (Å²) >= 11 is 0. The molecule has 2 rings (SSSR count). The van der Waals surface area contributed by atoms with E-state index < -0.39 is 6.03 Å². The van der Waals surface area contributed by atoms with Crippen LogP contribution in [0.3, 0.4) is 0 Å². The van der Waals surface area contributed by atoms with Gasteiger partial charge >= 0.3 is 6.03 Å². The largest absolute Gasteiger partial charge is 0.329 e. The number of nitrogens with zero attached hydrogens (tertiary/aromatic N) is 3. The molecule has 20 heavy (non-hydrogen) atoms. The Morgan fingerprint density at radius 3 is 2.90 bits per heavy atom. The molecular formula is C14H18N4O2. The molecule has 3 amide bonds. The van der Waals surface area contributed by atoms with Gasteiger partial charge in [-0.15, -0.1) is 0 Å². The van der Waals surface area contributed by atoms with E-state index in [1.807, 2.05) is 39.1 Å². The normalized spacial score (nSPS) is 10.6. The molecule has 6 nitrogen and oxygen atoms in total. The van der Waals surface area contributed by atoms with Crippen molar-refractivity contribution in [3.8, 4) is 0 Å². The van der Waals surface area contributed by atoms with Crippen LogP contribution >= 0.6 is 0 Å². The molecule has 1 aromatic heterocycles. The molecule has 0 aliphatic heterocycles. The fourth-order valence-corrected chi connectivity index (χ4v) is 2.20. The van der Waals surface area contributed by atoms with Crippen molar-refractivity contribution in [1.29, 1.82) is 0 Å². The molecule has 0 aliphatic rings. The summed E-state index contributed by atoms with van der Waals surface area (Å²) in [5, 5.41) is 7.49. The van der Waals surface area contributed by atoms with E-state index in [-0.39, 0.29) is 0 Å². The Labute approximate surface area is 117 Å². The number of carbonyl (C=O) groups is 2. The Morgan fingerprint density at radius 1 is 1.50 bits per heavy atom. The van der Waals surface area contributed by atoms with E-state index in [2.05, 4.69) is 10.4 Å². The highest BCUT2D eigenvalue weighted by atomic mass is 16.2. The van der Waals surface area contributed by atoms with Crippen molar-refractivity contribution in [2.45, 2.75) is 20.3 Å². The zero-order valence-corrected chi connectivity index (χ0v) is 11.9. The maximum atomic E-state index is 12.0. The van der Waals surface area contributed by atoms with Gasteiger partial charge in [-0.05, 0) is 31.0 Å². The fourth-order valence-electron chi connectivity index (χ4n) is 2.20. The molecule has 106 valence electrons. The fraction of sp³-hybridized carbons (Fsp3) is 0.357. The number of carbonyl (C=O) groups excluding carboxylic acids is 2. The Balaban J connectivity index is 2.53. The third-order valence-corrected chi connectivity index (χ3v) is 3.12.